The van der Waals surface area contributed by atoms with E-state index in [0.717, 1.165) is 102 Å². The van der Waals surface area contributed by atoms with Crippen molar-refractivity contribution in [2.45, 2.75) is 31.8 Å². The number of rotatable bonds is 5. The number of fused-ring (bicyclic) bond motifs is 3. The first-order valence-corrected chi connectivity index (χ1v) is 14.9. The largest absolute Gasteiger partial charge is 0.491 e. The maximum atomic E-state index is 13.5. The van der Waals surface area contributed by atoms with Crippen molar-refractivity contribution >= 4 is 5.91 Å². The summed E-state index contributed by atoms with van der Waals surface area (Å²) in [6.45, 7) is 10.7. The number of likely N-dealkylation sites (N-methyl/N-ethyl adjacent to an activating group) is 1. The molecule has 0 aromatic heterocycles. The molecule has 2 fully saturated rings. The maximum absolute atomic E-state index is 13.5. The zero-order valence-electron chi connectivity index (χ0n) is 24.4. The van der Waals surface area contributed by atoms with Gasteiger partial charge >= 0.3 is 0 Å². The van der Waals surface area contributed by atoms with Crippen molar-refractivity contribution in [3.05, 3.63) is 64.7 Å². The fraction of sp³-hybridized carbons (Fsp3) is 0.594. The number of hydrogen-bond acceptors (Lipinski definition) is 7. The van der Waals surface area contributed by atoms with Gasteiger partial charge in [0.05, 0.1) is 13.2 Å². The smallest absolute Gasteiger partial charge is 0.253 e. The summed E-state index contributed by atoms with van der Waals surface area (Å²) < 4.78 is 17.8. The van der Waals surface area contributed by atoms with Gasteiger partial charge in [-0.3, -0.25) is 14.6 Å². The zero-order valence-corrected chi connectivity index (χ0v) is 24.4. The zero-order chi connectivity index (χ0) is 27.7. The van der Waals surface area contributed by atoms with Crippen molar-refractivity contribution in [2.24, 2.45) is 0 Å². The molecule has 0 atom stereocenters. The molecule has 0 spiro atoms. The van der Waals surface area contributed by atoms with Gasteiger partial charge in [0, 0.05) is 83.6 Å². The standard InChI is InChI=1S/C32H46N4O4/c1-33(2)10-11-34-12-14-35(15-13-34)32(37)28-6-7-31-29(24-28)23-26-4-3-5-27(22-26)25-36(16-19-39-20-21-40-31)30-8-17-38-18-9-30/h3-7,22,24,30H,8-21,23,25H2,1-2H3. The number of carbonyl (C=O) groups is 1. The molecule has 3 heterocycles. The fourth-order valence-electron chi connectivity index (χ4n) is 5.92. The van der Waals surface area contributed by atoms with Crippen LogP contribution >= 0.6 is 0 Å². The second-order valence-electron chi connectivity index (χ2n) is 11.5. The minimum absolute atomic E-state index is 0.110. The van der Waals surface area contributed by atoms with E-state index >= 15 is 0 Å². The summed E-state index contributed by atoms with van der Waals surface area (Å²) in [6, 6.07) is 15.3. The van der Waals surface area contributed by atoms with E-state index in [0.29, 0.717) is 25.9 Å². The lowest BCUT2D eigenvalue weighted by Crippen LogP contribution is -2.50. The van der Waals surface area contributed by atoms with Crippen molar-refractivity contribution in [3.8, 4) is 5.75 Å². The second kappa shape index (κ2) is 14.4. The minimum Gasteiger partial charge on any atom is -0.491 e. The van der Waals surface area contributed by atoms with Crippen LogP contribution in [0.5, 0.6) is 5.75 Å². The number of ether oxygens (including phenoxy) is 3. The Morgan fingerprint density at radius 3 is 2.45 bits per heavy atom. The van der Waals surface area contributed by atoms with E-state index in [1.165, 1.54) is 11.1 Å². The Balaban J connectivity index is 1.30. The average molecular weight is 551 g/mol. The number of amides is 1. The third kappa shape index (κ3) is 8.04. The molecule has 0 saturated carbocycles. The highest BCUT2D eigenvalue weighted by Crippen LogP contribution is 2.26. The first-order chi connectivity index (χ1) is 19.5. The summed E-state index contributed by atoms with van der Waals surface area (Å²) in [5, 5.41) is 0. The Hall–Kier alpha value is -2.49. The average Bonchev–Trinajstić information content (AvgIpc) is 2.98. The Labute approximate surface area is 239 Å². The van der Waals surface area contributed by atoms with Gasteiger partial charge in [-0.05, 0) is 61.8 Å². The van der Waals surface area contributed by atoms with Crippen molar-refractivity contribution in [3.63, 3.8) is 0 Å². The summed E-state index contributed by atoms with van der Waals surface area (Å²) in [7, 11) is 4.20. The molecular formula is C32H46N4O4. The summed E-state index contributed by atoms with van der Waals surface area (Å²) >= 11 is 0. The maximum Gasteiger partial charge on any atom is 0.253 e. The van der Waals surface area contributed by atoms with E-state index in [9.17, 15) is 4.79 Å². The highest BCUT2D eigenvalue weighted by Gasteiger charge is 2.24. The van der Waals surface area contributed by atoms with Crippen LogP contribution in [0.15, 0.2) is 42.5 Å². The second-order valence-corrected chi connectivity index (χ2v) is 11.5. The molecule has 40 heavy (non-hydrogen) atoms. The topological polar surface area (TPSA) is 57.7 Å². The van der Waals surface area contributed by atoms with Gasteiger partial charge in [-0.15, -0.1) is 0 Å². The highest BCUT2D eigenvalue weighted by atomic mass is 16.5. The van der Waals surface area contributed by atoms with Gasteiger partial charge in [-0.2, -0.15) is 0 Å². The third-order valence-corrected chi connectivity index (χ3v) is 8.32. The van der Waals surface area contributed by atoms with Crippen LogP contribution in [0.4, 0.5) is 0 Å². The van der Waals surface area contributed by atoms with E-state index < -0.39 is 0 Å². The fourth-order valence-corrected chi connectivity index (χ4v) is 5.92. The van der Waals surface area contributed by atoms with Crippen molar-refractivity contribution < 1.29 is 19.0 Å². The molecule has 0 radical (unpaired) electrons. The first kappa shape index (κ1) is 29.0. The first-order valence-electron chi connectivity index (χ1n) is 14.9. The number of carbonyl (C=O) groups excluding carboxylic acids is 1. The molecule has 5 rings (SSSR count). The summed E-state index contributed by atoms with van der Waals surface area (Å²) in [5.74, 6) is 0.943. The number of benzene rings is 2. The predicted octanol–water partition coefficient (Wildman–Crippen LogP) is 2.99. The molecule has 218 valence electrons. The van der Waals surface area contributed by atoms with Crippen LogP contribution in [0.2, 0.25) is 0 Å². The summed E-state index contributed by atoms with van der Waals surface area (Å²) in [5.41, 5.74) is 4.33. The number of piperazine rings is 1. The van der Waals surface area contributed by atoms with E-state index in [1.54, 1.807) is 0 Å². The van der Waals surface area contributed by atoms with Crippen LogP contribution in [0.3, 0.4) is 0 Å². The monoisotopic (exact) mass is 550 g/mol. The van der Waals surface area contributed by atoms with Gasteiger partial charge in [-0.1, -0.05) is 24.3 Å². The van der Waals surface area contributed by atoms with E-state index in [2.05, 4.69) is 53.1 Å². The van der Waals surface area contributed by atoms with Crippen molar-refractivity contribution in [1.29, 1.82) is 0 Å². The molecule has 0 unspecified atom stereocenters. The lowest BCUT2D eigenvalue weighted by Gasteiger charge is -2.35. The van der Waals surface area contributed by atoms with Crippen LogP contribution in [-0.2, 0) is 22.4 Å². The molecule has 3 aliphatic heterocycles. The predicted molar refractivity (Wildman–Crippen MR) is 157 cm³/mol. The molecule has 0 aliphatic carbocycles. The highest BCUT2D eigenvalue weighted by molar-refractivity contribution is 5.94. The Kier molecular flexibility index (Phi) is 10.5. The van der Waals surface area contributed by atoms with Gasteiger partial charge in [0.1, 0.15) is 12.4 Å². The molecule has 2 aromatic rings. The van der Waals surface area contributed by atoms with Crippen LogP contribution in [0.25, 0.3) is 0 Å². The molecule has 3 aliphatic rings. The van der Waals surface area contributed by atoms with Crippen LogP contribution in [0.1, 0.15) is 39.9 Å². The third-order valence-electron chi connectivity index (χ3n) is 8.32. The summed E-state index contributed by atoms with van der Waals surface area (Å²) in [6.07, 6.45) is 2.86. The molecule has 0 N–H and O–H groups in total. The van der Waals surface area contributed by atoms with Gasteiger partial charge in [0.25, 0.3) is 5.91 Å². The van der Waals surface area contributed by atoms with Gasteiger partial charge in [0.15, 0.2) is 0 Å². The molecule has 2 aromatic carbocycles. The molecule has 1 amide bonds. The van der Waals surface area contributed by atoms with Crippen LogP contribution < -0.4 is 4.74 Å². The normalized spacial score (nSPS) is 20.5. The van der Waals surface area contributed by atoms with Crippen LogP contribution in [-0.4, -0.2) is 124 Å². The summed E-state index contributed by atoms with van der Waals surface area (Å²) in [4.78, 5) is 22.7. The van der Waals surface area contributed by atoms with Gasteiger partial charge in [-0.25, -0.2) is 0 Å². The molecule has 8 nitrogen and oxygen atoms in total. The molecule has 2 saturated heterocycles. The van der Waals surface area contributed by atoms with Gasteiger partial charge in [0.2, 0.25) is 0 Å². The molecule has 2 bridgehead atoms. The van der Waals surface area contributed by atoms with E-state index in [4.69, 9.17) is 14.2 Å². The quantitative estimate of drug-likeness (QED) is 0.568. The lowest BCUT2D eigenvalue weighted by molar-refractivity contribution is 0.0133. The lowest BCUT2D eigenvalue weighted by atomic mass is 9.99. The molecule has 8 heteroatoms. The number of nitrogens with zero attached hydrogens (tertiary/aromatic N) is 4. The minimum atomic E-state index is 0.110. The Bertz CT molecular complexity index is 1100. The van der Waals surface area contributed by atoms with E-state index in [1.807, 2.05) is 23.1 Å². The molecular weight excluding hydrogens is 504 g/mol. The van der Waals surface area contributed by atoms with Gasteiger partial charge < -0.3 is 24.0 Å². The SMILES string of the molecule is CN(C)CCN1CCN(C(=O)c2ccc3c(c2)Cc2cccc(c2)CN(C2CCOCC2)CCOCCO3)CC1. The van der Waals surface area contributed by atoms with E-state index in [-0.39, 0.29) is 5.91 Å². The van der Waals surface area contributed by atoms with Crippen LogP contribution in [0, 0.1) is 0 Å². The Morgan fingerprint density at radius 2 is 1.65 bits per heavy atom. The number of hydrogen-bond donors (Lipinski definition) is 0. The Morgan fingerprint density at radius 1 is 0.875 bits per heavy atom. The van der Waals surface area contributed by atoms with Crippen molar-refractivity contribution in [1.82, 2.24) is 19.6 Å². The van der Waals surface area contributed by atoms with Crippen molar-refractivity contribution in [2.75, 3.05) is 92.9 Å².